The number of rotatable bonds is 3. The summed E-state index contributed by atoms with van der Waals surface area (Å²) >= 11 is 6.04. The molecule has 25 heavy (non-hydrogen) atoms. The Morgan fingerprint density at radius 2 is 1.96 bits per heavy atom. The molecule has 1 heterocycles. The molecule has 0 bridgehead atoms. The maximum atomic E-state index is 13.0. The Morgan fingerprint density at radius 1 is 1.24 bits per heavy atom. The number of aryl methyl sites for hydroxylation is 1. The van der Waals surface area contributed by atoms with E-state index in [1.807, 2.05) is 13.0 Å². The Balaban J connectivity index is 1.60. The number of halogens is 2. The second-order valence-electron chi connectivity index (χ2n) is 5.94. The number of carbonyl (C=O) groups is 2. The van der Waals surface area contributed by atoms with Crippen LogP contribution < -0.4 is 15.5 Å². The fraction of sp³-hybridized carbons (Fsp3) is 0.222. The molecule has 0 aromatic heterocycles. The third-order valence-electron chi connectivity index (χ3n) is 4.03. The first kappa shape index (κ1) is 17.2. The molecular weight excluding hydrogens is 345 g/mol. The van der Waals surface area contributed by atoms with E-state index in [0.717, 1.165) is 5.56 Å². The fourth-order valence-electron chi connectivity index (χ4n) is 2.70. The minimum Gasteiger partial charge on any atom is -0.333 e. The number of hydrogen-bond acceptors (Lipinski definition) is 2. The zero-order valence-electron chi connectivity index (χ0n) is 13.6. The van der Waals surface area contributed by atoms with Crippen molar-refractivity contribution in [1.82, 2.24) is 5.32 Å². The maximum Gasteiger partial charge on any atom is 0.319 e. The van der Waals surface area contributed by atoms with Gasteiger partial charge in [-0.1, -0.05) is 17.7 Å². The summed E-state index contributed by atoms with van der Waals surface area (Å²) in [7, 11) is 0. The lowest BCUT2D eigenvalue weighted by Gasteiger charge is -2.17. The second kappa shape index (κ2) is 7.11. The molecule has 130 valence electrons. The van der Waals surface area contributed by atoms with Gasteiger partial charge in [0.1, 0.15) is 5.82 Å². The van der Waals surface area contributed by atoms with Crippen molar-refractivity contribution in [2.24, 2.45) is 0 Å². The predicted molar refractivity (Wildman–Crippen MR) is 95.5 cm³/mol. The van der Waals surface area contributed by atoms with Gasteiger partial charge in [-0.05, 0) is 48.9 Å². The van der Waals surface area contributed by atoms with Gasteiger partial charge in [0, 0.05) is 29.4 Å². The first-order chi connectivity index (χ1) is 11.9. The maximum absolute atomic E-state index is 13.0. The number of hydrogen-bond donors (Lipinski definition) is 2. The van der Waals surface area contributed by atoms with E-state index >= 15 is 0 Å². The summed E-state index contributed by atoms with van der Waals surface area (Å²) in [4.78, 5) is 25.8. The van der Waals surface area contributed by atoms with Gasteiger partial charge >= 0.3 is 6.03 Å². The Kier molecular flexibility index (Phi) is 4.90. The molecule has 0 aliphatic carbocycles. The number of anilines is 2. The zero-order chi connectivity index (χ0) is 18.0. The number of amides is 3. The molecule has 1 unspecified atom stereocenters. The normalized spacial score (nSPS) is 16.8. The predicted octanol–water partition coefficient (Wildman–Crippen LogP) is 3.71. The van der Waals surface area contributed by atoms with Crippen LogP contribution in [0.2, 0.25) is 5.02 Å². The van der Waals surface area contributed by atoms with E-state index in [4.69, 9.17) is 11.6 Å². The molecule has 0 spiro atoms. The number of carbonyl (C=O) groups excluding carboxylic acids is 2. The van der Waals surface area contributed by atoms with E-state index in [-0.39, 0.29) is 24.2 Å². The third kappa shape index (κ3) is 4.09. The van der Waals surface area contributed by atoms with Crippen molar-refractivity contribution in [2.45, 2.75) is 19.4 Å². The summed E-state index contributed by atoms with van der Waals surface area (Å²) in [5.41, 5.74) is 2.11. The number of urea groups is 1. The minimum absolute atomic E-state index is 0.115. The molecule has 1 aliphatic heterocycles. The van der Waals surface area contributed by atoms with Crippen LogP contribution in [0.4, 0.5) is 20.6 Å². The van der Waals surface area contributed by atoms with Crippen LogP contribution in [-0.4, -0.2) is 24.5 Å². The van der Waals surface area contributed by atoms with Crippen LogP contribution in [0.5, 0.6) is 0 Å². The van der Waals surface area contributed by atoms with Crippen molar-refractivity contribution in [3.63, 3.8) is 0 Å². The molecule has 3 amide bonds. The lowest BCUT2D eigenvalue weighted by atomic mass is 10.2. The molecule has 1 saturated heterocycles. The Hall–Kier alpha value is -2.60. The molecule has 1 atom stereocenters. The van der Waals surface area contributed by atoms with Crippen molar-refractivity contribution in [3.8, 4) is 0 Å². The highest BCUT2D eigenvalue weighted by Gasteiger charge is 2.31. The van der Waals surface area contributed by atoms with Gasteiger partial charge in [0.25, 0.3) is 0 Å². The van der Waals surface area contributed by atoms with Crippen LogP contribution in [0.15, 0.2) is 42.5 Å². The van der Waals surface area contributed by atoms with E-state index in [0.29, 0.717) is 22.9 Å². The lowest BCUT2D eigenvalue weighted by Crippen LogP contribution is -2.39. The van der Waals surface area contributed by atoms with Crippen molar-refractivity contribution >= 4 is 34.9 Å². The van der Waals surface area contributed by atoms with Gasteiger partial charge in [0.2, 0.25) is 5.91 Å². The SMILES string of the molecule is Cc1ccc(NC(=O)NC2CC(=O)N(c3ccc(F)cc3)C2)cc1Cl. The minimum atomic E-state index is -0.404. The van der Waals surface area contributed by atoms with Gasteiger partial charge in [-0.25, -0.2) is 9.18 Å². The van der Waals surface area contributed by atoms with E-state index in [2.05, 4.69) is 10.6 Å². The first-order valence-electron chi connectivity index (χ1n) is 7.82. The molecule has 2 aromatic carbocycles. The smallest absolute Gasteiger partial charge is 0.319 e. The third-order valence-corrected chi connectivity index (χ3v) is 4.44. The summed E-state index contributed by atoms with van der Waals surface area (Å²) in [5, 5.41) is 6.04. The van der Waals surface area contributed by atoms with E-state index in [9.17, 15) is 14.0 Å². The van der Waals surface area contributed by atoms with Crippen molar-refractivity contribution in [3.05, 3.63) is 58.9 Å². The van der Waals surface area contributed by atoms with Crippen LogP contribution in [0, 0.1) is 12.7 Å². The molecule has 5 nitrogen and oxygen atoms in total. The zero-order valence-corrected chi connectivity index (χ0v) is 14.3. The fourth-order valence-corrected chi connectivity index (χ4v) is 2.88. The standard InChI is InChI=1S/C18H17ClFN3O2/c1-11-2-5-13(8-16(11)19)21-18(25)22-14-9-17(24)23(10-14)15-6-3-12(20)4-7-15/h2-8,14H,9-10H2,1H3,(H2,21,22,25). The molecule has 0 radical (unpaired) electrons. The van der Waals surface area contributed by atoms with Crippen LogP contribution >= 0.6 is 11.6 Å². The monoisotopic (exact) mass is 361 g/mol. The summed E-state index contributed by atoms with van der Waals surface area (Å²) in [6, 6.07) is 10.2. The number of benzene rings is 2. The van der Waals surface area contributed by atoms with Gasteiger partial charge in [0.15, 0.2) is 0 Å². The molecule has 2 aromatic rings. The Morgan fingerprint density at radius 3 is 2.64 bits per heavy atom. The number of nitrogens with one attached hydrogen (secondary N) is 2. The highest BCUT2D eigenvalue weighted by Crippen LogP contribution is 2.22. The van der Waals surface area contributed by atoms with Gasteiger partial charge < -0.3 is 15.5 Å². The highest BCUT2D eigenvalue weighted by molar-refractivity contribution is 6.31. The summed E-state index contributed by atoms with van der Waals surface area (Å²) in [6.45, 7) is 2.22. The van der Waals surface area contributed by atoms with Gasteiger partial charge in [-0.15, -0.1) is 0 Å². The molecule has 3 rings (SSSR count). The van der Waals surface area contributed by atoms with E-state index < -0.39 is 6.03 Å². The molecule has 1 aliphatic rings. The van der Waals surface area contributed by atoms with Gasteiger partial charge in [-0.3, -0.25) is 4.79 Å². The van der Waals surface area contributed by atoms with Crippen LogP contribution in [0.1, 0.15) is 12.0 Å². The van der Waals surface area contributed by atoms with Gasteiger partial charge in [-0.2, -0.15) is 0 Å². The van der Waals surface area contributed by atoms with Crippen molar-refractivity contribution in [1.29, 1.82) is 0 Å². The Bertz CT molecular complexity index is 810. The Labute approximate surface area is 149 Å². The topological polar surface area (TPSA) is 61.4 Å². The summed E-state index contributed by atoms with van der Waals surface area (Å²) in [6.07, 6.45) is 0.194. The van der Waals surface area contributed by atoms with Gasteiger partial charge in [0.05, 0.1) is 6.04 Å². The average molecular weight is 362 g/mol. The van der Waals surface area contributed by atoms with Crippen LogP contribution in [-0.2, 0) is 4.79 Å². The first-order valence-corrected chi connectivity index (χ1v) is 8.20. The van der Waals surface area contributed by atoms with E-state index in [1.165, 1.54) is 17.0 Å². The van der Waals surface area contributed by atoms with Crippen LogP contribution in [0.3, 0.4) is 0 Å². The van der Waals surface area contributed by atoms with Crippen molar-refractivity contribution in [2.75, 3.05) is 16.8 Å². The van der Waals surface area contributed by atoms with Crippen LogP contribution in [0.25, 0.3) is 0 Å². The molecule has 2 N–H and O–H groups in total. The molecule has 7 heteroatoms. The summed E-state index contributed by atoms with van der Waals surface area (Å²) in [5.74, 6) is -0.475. The lowest BCUT2D eigenvalue weighted by molar-refractivity contribution is -0.117. The second-order valence-corrected chi connectivity index (χ2v) is 6.35. The summed E-state index contributed by atoms with van der Waals surface area (Å²) < 4.78 is 13.0. The quantitative estimate of drug-likeness (QED) is 0.875. The average Bonchev–Trinajstić information content (AvgIpc) is 2.92. The molecule has 1 fully saturated rings. The largest absolute Gasteiger partial charge is 0.333 e. The highest BCUT2D eigenvalue weighted by atomic mass is 35.5. The molecular formula is C18H17ClFN3O2. The van der Waals surface area contributed by atoms with E-state index in [1.54, 1.807) is 24.3 Å². The van der Waals surface area contributed by atoms with Crippen molar-refractivity contribution < 1.29 is 14.0 Å². The number of nitrogens with zero attached hydrogens (tertiary/aromatic N) is 1. The molecule has 0 saturated carbocycles.